The topological polar surface area (TPSA) is 37.3 Å². The highest BCUT2D eigenvalue weighted by atomic mass is 16.4. The molecule has 104 valence electrons. The quantitative estimate of drug-likeness (QED) is 0.778. The standard InChI is InChI=1S/C16H28O2/c17-16(18)12-14-11-13-9-7-5-3-1-2-4-6-8-10-15(13)14/h13-15H,1-12H2,(H,17,18). The minimum atomic E-state index is -0.593. The van der Waals surface area contributed by atoms with Crippen molar-refractivity contribution in [3.05, 3.63) is 0 Å². The molecule has 2 rings (SSSR count). The van der Waals surface area contributed by atoms with E-state index in [0.29, 0.717) is 12.3 Å². The van der Waals surface area contributed by atoms with Crippen LogP contribution in [0.25, 0.3) is 0 Å². The average molecular weight is 252 g/mol. The van der Waals surface area contributed by atoms with E-state index in [4.69, 9.17) is 5.11 Å². The Bertz CT molecular complexity index is 262. The van der Waals surface area contributed by atoms with Crippen LogP contribution in [0.2, 0.25) is 0 Å². The van der Waals surface area contributed by atoms with E-state index in [1.165, 1.54) is 70.6 Å². The lowest BCUT2D eigenvalue weighted by molar-refractivity contribution is -0.140. The average Bonchev–Trinajstić information content (AvgIpc) is 2.30. The molecular weight excluding hydrogens is 224 g/mol. The largest absolute Gasteiger partial charge is 0.481 e. The van der Waals surface area contributed by atoms with E-state index >= 15 is 0 Å². The molecular formula is C16H28O2. The van der Waals surface area contributed by atoms with Gasteiger partial charge in [-0.1, -0.05) is 57.8 Å². The van der Waals surface area contributed by atoms with Crippen molar-refractivity contribution in [1.82, 2.24) is 0 Å². The molecule has 0 bridgehead atoms. The molecule has 0 saturated heterocycles. The third kappa shape index (κ3) is 4.00. The fourth-order valence-corrected chi connectivity index (χ4v) is 4.04. The Morgan fingerprint density at radius 1 is 0.889 bits per heavy atom. The van der Waals surface area contributed by atoms with Crippen molar-refractivity contribution in [2.45, 2.75) is 77.0 Å². The van der Waals surface area contributed by atoms with Crippen LogP contribution in [0.4, 0.5) is 0 Å². The fraction of sp³-hybridized carbons (Fsp3) is 0.938. The summed E-state index contributed by atoms with van der Waals surface area (Å²) in [5.74, 6) is 1.49. The van der Waals surface area contributed by atoms with E-state index in [-0.39, 0.29) is 0 Å². The van der Waals surface area contributed by atoms with Crippen molar-refractivity contribution in [2.75, 3.05) is 0 Å². The summed E-state index contributed by atoms with van der Waals surface area (Å²) in [4.78, 5) is 10.9. The van der Waals surface area contributed by atoms with Gasteiger partial charge in [0.05, 0.1) is 0 Å². The van der Waals surface area contributed by atoms with Gasteiger partial charge in [-0.3, -0.25) is 4.79 Å². The van der Waals surface area contributed by atoms with Gasteiger partial charge >= 0.3 is 5.97 Å². The fourth-order valence-electron chi connectivity index (χ4n) is 4.04. The molecule has 0 aromatic carbocycles. The molecule has 0 aromatic heterocycles. The van der Waals surface area contributed by atoms with Gasteiger partial charge in [0.1, 0.15) is 0 Å². The Kier molecular flexibility index (Phi) is 5.52. The molecule has 0 aromatic rings. The zero-order valence-corrected chi connectivity index (χ0v) is 11.6. The van der Waals surface area contributed by atoms with Crippen molar-refractivity contribution < 1.29 is 9.90 Å². The van der Waals surface area contributed by atoms with Crippen LogP contribution in [0.1, 0.15) is 77.0 Å². The highest BCUT2D eigenvalue weighted by Crippen LogP contribution is 2.48. The molecule has 1 N–H and O–H groups in total. The monoisotopic (exact) mass is 252 g/mol. The number of carboxylic acids is 1. The Morgan fingerprint density at radius 2 is 1.44 bits per heavy atom. The molecule has 3 unspecified atom stereocenters. The van der Waals surface area contributed by atoms with Crippen molar-refractivity contribution in [3.8, 4) is 0 Å². The third-order valence-corrected chi connectivity index (χ3v) is 5.12. The van der Waals surface area contributed by atoms with Crippen LogP contribution in [0.5, 0.6) is 0 Å². The molecule has 3 atom stereocenters. The van der Waals surface area contributed by atoms with Gasteiger partial charge in [0.2, 0.25) is 0 Å². The summed E-state index contributed by atoms with van der Waals surface area (Å²) in [6, 6.07) is 0. The van der Waals surface area contributed by atoms with Gasteiger partial charge in [0.15, 0.2) is 0 Å². The van der Waals surface area contributed by atoms with Crippen molar-refractivity contribution in [3.63, 3.8) is 0 Å². The van der Waals surface area contributed by atoms with E-state index in [2.05, 4.69) is 0 Å². The first kappa shape index (κ1) is 13.9. The predicted molar refractivity (Wildman–Crippen MR) is 73.5 cm³/mol. The molecule has 18 heavy (non-hydrogen) atoms. The molecule has 0 amide bonds. The van der Waals surface area contributed by atoms with Crippen molar-refractivity contribution >= 4 is 5.97 Å². The first-order chi connectivity index (χ1) is 8.77. The highest BCUT2D eigenvalue weighted by molar-refractivity contribution is 5.67. The number of hydrogen-bond acceptors (Lipinski definition) is 1. The van der Waals surface area contributed by atoms with Gasteiger partial charge in [0, 0.05) is 6.42 Å². The molecule has 2 fully saturated rings. The molecule has 2 aliphatic carbocycles. The summed E-state index contributed by atoms with van der Waals surface area (Å²) in [7, 11) is 0. The number of carboxylic acid groups (broad SMARTS) is 1. The van der Waals surface area contributed by atoms with Crippen LogP contribution in [0.15, 0.2) is 0 Å². The van der Waals surface area contributed by atoms with Crippen LogP contribution < -0.4 is 0 Å². The lowest BCUT2D eigenvalue weighted by atomic mass is 9.60. The minimum Gasteiger partial charge on any atom is -0.481 e. The van der Waals surface area contributed by atoms with Gasteiger partial charge < -0.3 is 5.11 Å². The third-order valence-electron chi connectivity index (χ3n) is 5.12. The Morgan fingerprint density at radius 3 is 2.06 bits per heavy atom. The second kappa shape index (κ2) is 7.16. The predicted octanol–water partition coefficient (Wildman–Crippen LogP) is 4.63. The molecule has 2 nitrogen and oxygen atoms in total. The van der Waals surface area contributed by atoms with E-state index < -0.39 is 5.97 Å². The summed E-state index contributed by atoms with van der Waals surface area (Å²) in [5, 5.41) is 8.95. The molecule has 2 saturated carbocycles. The van der Waals surface area contributed by atoms with Crippen LogP contribution in [0, 0.1) is 17.8 Å². The van der Waals surface area contributed by atoms with Gasteiger partial charge in [-0.15, -0.1) is 0 Å². The summed E-state index contributed by atoms with van der Waals surface area (Å²) in [6.07, 6.45) is 15.4. The number of aliphatic carboxylic acids is 1. The Balaban J connectivity index is 1.80. The molecule has 2 heteroatoms. The second-order valence-corrected chi connectivity index (χ2v) is 6.42. The molecule has 0 radical (unpaired) electrons. The number of rotatable bonds is 2. The summed E-state index contributed by atoms with van der Waals surface area (Å²) >= 11 is 0. The first-order valence-corrected chi connectivity index (χ1v) is 7.99. The smallest absolute Gasteiger partial charge is 0.303 e. The van der Waals surface area contributed by atoms with Crippen LogP contribution in [-0.2, 0) is 4.79 Å². The molecule has 2 aliphatic rings. The van der Waals surface area contributed by atoms with Crippen LogP contribution >= 0.6 is 0 Å². The maximum atomic E-state index is 10.9. The second-order valence-electron chi connectivity index (χ2n) is 6.42. The van der Waals surface area contributed by atoms with Crippen LogP contribution in [0.3, 0.4) is 0 Å². The number of fused-ring (bicyclic) bond motifs is 1. The Hall–Kier alpha value is -0.530. The van der Waals surface area contributed by atoms with Gasteiger partial charge in [0.25, 0.3) is 0 Å². The SMILES string of the molecule is O=C(O)CC1CC2CCCCCCCCCCC21. The normalized spacial score (nSPS) is 34.6. The lowest BCUT2D eigenvalue weighted by Crippen LogP contribution is -2.38. The van der Waals surface area contributed by atoms with Crippen LogP contribution in [-0.4, -0.2) is 11.1 Å². The molecule has 0 aliphatic heterocycles. The number of carbonyl (C=O) groups is 1. The highest BCUT2D eigenvalue weighted by Gasteiger charge is 2.40. The maximum absolute atomic E-state index is 10.9. The van der Waals surface area contributed by atoms with E-state index in [1.54, 1.807) is 0 Å². The zero-order valence-electron chi connectivity index (χ0n) is 11.6. The van der Waals surface area contributed by atoms with Gasteiger partial charge in [-0.2, -0.15) is 0 Å². The van der Waals surface area contributed by atoms with E-state index in [9.17, 15) is 4.79 Å². The zero-order chi connectivity index (χ0) is 12.8. The van der Waals surface area contributed by atoms with E-state index in [0.717, 1.165) is 11.8 Å². The summed E-state index contributed by atoms with van der Waals surface area (Å²) in [6.45, 7) is 0. The van der Waals surface area contributed by atoms with Gasteiger partial charge in [-0.05, 0) is 30.6 Å². The summed E-state index contributed by atoms with van der Waals surface area (Å²) < 4.78 is 0. The molecule has 0 heterocycles. The summed E-state index contributed by atoms with van der Waals surface area (Å²) in [5.41, 5.74) is 0. The first-order valence-electron chi connectivity index (χ1n) is 7.99. The number of hydrogen-bond donors (Lipinski definition) is 1. The van der Waals surface area contributed by atoms with Crippen molar-refractivity contribution in [2.24, 2.45) is 17.8 Å². The minimum absolute atomic E-state index is 0.418. The molecule has 0 spiro atoms. The Labute approximate surface area is 111 Å². The van der Waals surface area contributed by atoms with Gasteiger partial charge in [-0.25, -0.2) is 0 Å². The van der Waals surface area contributed by atoms with Crippen molar-refractivity contribution in [1.29, 1.82) is 0 Å². The van der Waals surface area contributed by atoms with E-state index in [1.807, 2.05) is 0 Å². The maximum Gasteiger partial charge on any atom is 0.303 e. The lowest BCUT2D eigenvalue weighted by Gasteiger charge is -2.45.